The van der Waals surface area contributed by atoms with Crippen LogP contribution in [0, 0.1) is 0 Å². The van der Waals surface area contributed by atoms with Crippen molar-refractivity contribution < 1.29 is 9.53 Å². The number of ether oxygens (including phenoxy) is 1. The summed E-state index contributed by atoms with van der Waals surface area (Å²) in [6.07, 6.45) is 2.47. The minimum Gasteiger partial charge on any atom is -0.487 e. The lowest BCUT2D eigenvalue weighted by Crippen LogP contribution is -2.14. The highest BCUT2D eigenvalue weighted by molar-refractivity contribution is 5.91. The molecule has 5 heteroatoms. The van der Waals surface area contributed by atoms with Gasteiger partial charge < -0.3 is 15.8 Å². The number of hydrogen-bond donors (Lipinski definition) is 2. The van der Waals surface area contributed by atoms with Gasteiger partial charge in [0.15, 0.2) is 11.6 Å². The molecule has 0 spiro atoms. The third-order valence-electron chi connectivity index (χ3n) is 2.17. The largest absolute Gasteiger partial charge is 0.487 e. The quantitative estimate of drug-likeness (QED) is 0.764. The van der Waals surface area contributed by atoms with Gasteiger partial charge in [-0.2, -0.15) is 0 Å². The Bertz CT molecular complexity index is 388. The minimum atomic E-state index is -0.538. The lowest BCUT2D eigenvalue weighted by Gasteiger charge is -2.09. The lowest BCUT2D eigenvalue weighted by atomic mass is 10.3. The number of hydrogen-bond acceptors (Lipinski definition) is 4. The molecular formula is C10H13N3O2. The van der Waals surface area contributed by atoms with Crippen molar-refractivity contribution in [3.8, 4) is 5.75 Å². The molecule has 0 bridgehead atoms. The van der Waals surface area contributed by atoms with Crippen LogP contribution >= 0.6 is 0 Å². The molecule has 1 aromatic rings. The SMILES string of the molecule is CNc1nc(C(N)=O)ccc1OC1CC1. The van der Waals surface area contributed by atoms with E-state index in [0.717, 1.165) is 12.8 Å². The van der Waals surface area contributed by atoms with Gasteiger partial charge in [-0.3, -0.25) is 4.79 Å². The Morgan fingerprint density at radius 3 is 2.87 bits per heavy atom. The van der Waals surface area contributed by atoms with Gasteiger partial charge in [0, 0.05) is 7.05 Å². The molecule has 80 valence electrons. The Kier molecular flexibility index (Phi) is 2.45. The first kappa shape index (κ1) is 9.76. The maximum atomic E-state index is 10.9. The highest BCUT2D eigenvalue weighted by atomic mass is 16.5. The zero-order valence-corrected chi connectivity index (χ0v) is 8.49. The van der Waals surface area contributed by atoms with Gasteiger partial charge in [0.1, 0.15) is 5.69 Å². The number of amides is 1. The van der Waals surface area contributed by atoms with Crippen LogP contribution in [0.5, 0.6) is 5.75 Å². The van der Waals surface area contributed by atoms with E-state index < -0.39 is 5.91 Å². The van der Waals surface area contributed by atoms with E-state index in [-0.39, 0.29) is 5.69 Å². The van der Waals surface area contributed by atoms with Crippen LogP contribution in [0.1, 0.15) is 23.3 Å². The number of nitrogens with zero attached hydrogens (tertiary/aromatic N) is 1. The van der Waals surface area contributed by atoms with Crippen LogP contribution < -0.4 is 15.8 Å². The fourth-order valence-electron chi connectivity index (χ4n) is 1.22. The predicted octanol–water partition coefficient (Wildman–Crippen LogP) is 0.763. The van der Waals surface area contributed by atoms with E-state index >= 15 is 0 Å². The molecule has 0 aromatic carbocycles. The van der Waals surface area contributed by atoms with Crippen molar-refractivity contribution in [1.82, 2.24) is 4.98 Å². The highest BCUT2D eigenvalue weighted by Crippen LogP contribution is 2.30. The van der Waals surface area contributed by atoms with E-state index in [1.165, 1.54) is 0 Å². The summed E-state index contributed by atoms with van der Waals surface area (Å²) in [5.41, 5.74) is 5.37. The van der Waals surface area contributed by atoms with Crippen LogP contribution in [-0.4, -0.2) is 24.0 Å². The average molecular weight is 207 g/mol. The average Bonchev–Trinajstić information content (AvgIpc) is 3.02. The third kappa shape index (κ3) is 2.18. The van der Waals surface area contributed by atoms with E-state index in [0.29, 0.717) is 17.7 Å². The Hall–Kier alpha value is -1.78. The van der Waals surface area contributed by atoms with Crippen molar-refractivity contribution in [2.75, 3.05) is 12.4 Å². The topological polar surface area (TPSA) is 77.2 Å². The number of anilines is 1. The molecule has 1 saturated carbocycles. The van der Waals surface area contributed by atoms with Gasteiger partial charge in [0.05, 0.1) is 6.10 Å². The number of nitrogens with two attached hydrogens (primary N) is 1. The van der Waals surface area contributed by atoms with Gasteiger partial charge in [-0.15, -0.1) is 0 Å². The molecule has 0 radical (unpaired) electrons. The Labute approximate surface area is 87.6 Å². The summed E-state index contributed by atoms with van der Waals surface area (Å²) in [7, 11) is 1.73. The van der Waals surface area contributed by atoms with Gasteiger partial charge in [-0.25, -0.2) is 4.98 Å². The molecule has 5 nitrogen and oxygen atoms in total. The van der Waals surface area contributed by atoms with Crippen molar-refractivity contribution in [2.24, 2.45) is 5.73 Å². The Balaban J connectivity index is 2.25. The molecule has 1 fully saturated rings. The molecule has 2 rings (SSSR count). The second kappa shape index (κ2) is 3.76. The fraction of sp³-hybridized carbons (Fsp3) is 0.400. The summed E-state index contributed by atoms with van der Waals surface area (Å²) in [6.45, 7) is 0. The molecule has 0 unspecified atom stereocenters. The van der Waals surface area contributed by atoms with Crippen molar-refractivity contribution in [3.05, 3.63) is 17.8 Å². The normalized spacial score (nSPS) is 14.7. The first-order valence-electron chi connectivity index (χ1n) is 4.86. The third-order valence-corrected chi connectivity index (χ3v) is 2.17. The van der Waals surface area contributed by atoms with Crippen molar-refractivity contribution in [1.29, 1.82) is 0 Å². The second-order valence-corrected chi connectivity index (χ2v) is 3.47. The van der Waals surface area contributed by atoms with Crippen molar-refractivity contribution in [3.63, 3.8) is 0 Å². The Morgan fingerprint density at radius 2 is 2.33 bits per heavy atom. The maximum absolute atomic E-state index is 10.9. The van der Waals surface area contributed by atoms with Crippen LogP contribution in [0.4, 0.5) is 5.82 Å². The molecular weight excluding hydrogens is 194 g/mol. The van der Waals surface area contributed by atoms with E-state index in [2.05, 4.69) is 10.3 Å². The molecule has 1 aliphatic carbocycles. The lowest BCUT2D eigenvalue weighted by molar-refractivity contribution is 0.0995. The fourth-order valence-corrected chi connectivity index (χ4v) is 1.22. The first-order chi connectivity index (χ1) is 7.20. The van der Waals surface area contributed by atoms with Crippen LogP contribution in [0.2, 0.25) is 0 Å². The smallest absolute Gasteiger partial charge is 0.267 e. The number of carbonyl (C=O) groups excluding carboxylic acids is 1. The summed E-state index contributed by atoms with van der Waals surface area (Å²) in [5.74, 6) is 0.688. The van der Waals surface area contributed by atoms with Crippen molar-refractivity contribution in [2.45, 2.75) is 18.9 Å². The van der Waals surface area contributed by atoms with E-state index in [4.69, 9.17) is 10.5 Å². The molecule has 1 aliphatic rings. The zero-order valence-electron chi connectivity index (χ0n) is 8.49. The molecule has 1 heterocycles. The molecule has 0 aliphatic heterocycles. The summed E-state index contributed by atoms with van der Waals surface area (Å²) in [4.78, 5) is 15.0. The number of rotatable bonds is 4. The Morgan fingerprint density at radius 1 is 1.60 bits per heavy atom. The highest BCUT2D eigenvalue weighted by Gasteiger charge is 2.25. The van der Waals surface area contributed by atoms with Crippen LogP contribution in [0.25, 0.3) is 0 Å². The summed E-state index contributed by atoms with van der Waals surface area (Å²) >= 11 is 0. The van der Waals surface area contributed by atoms with Gasteiger partial charge in [-0.05, 0) is 25.0 Å². The van der Waals surface area contributed by atoms with Crippen LogP contribution in [0.3, 0.4) is 0 Å². The number of pyridine rings is 1. The monoisotopic (exact) mass is 207 g/mol. The summed E-state index contributed by atoms with van der Waals surface area (Å²) in [5, 5.41) is 2.88. The van der Waals surface area contributed by atoms with Gasteiger partial charge in [0.25, 0.3) is 5.91 Å². The van der Waals surface area contributed by atoms with Crippen molar-refractivity contribution >= 4 is 11.7 Å². The molecule has 1 amide bonds. The number of carbonyl (C=O) groups is 1. The maximum Gasteiger partial charge on any atom is 0.267 e. The molecule has 0 saturated heterocycles. The van der Waals surface area contributed by atoms with Crippen LogP contribution in [0.15, 0.2) is 12.1 Å². The number of aromatic nitrogens is 1. The second-order valence-electron chi connectivity index (χ2n) is 3.47. The minimum absolute atomic E-state index is 0.238. The van der Waals surface area contributed by atoms with Gasteiger partial charge in [0.2, 0.25) is 0 Å². The predicted molar refractivity (Wildman–Crippen MR) is 56.0 cm³/mol. The summed E-state index contributed by atoms with van der Waals surface area (Å²) in [6, 6.07) is 3.29. The van der Waals surface area contributed by atoms with Crippen LogP contribution in [-0.2, 0) is 0 Å². The van der Waals surface area contributed by atoms with E-state index in [1.54, 1.807) is 19.2 Å². The van der Waals surface area contributed by atoms with Gasteiger partial charge in [-0.1, -0.05) is 0 Å². The standard InChI is InChI=1S/C10H13N3O2/c1-12-10-8(15-6-2-3-6)5-4-7(13-10)9(11)14/h4-6H,2-3H2,1H3,(H2,11,14)(H,12,13). The molecule has 3 N–H and O–H groups in total. The van der Waals surface area contributed by atoms with E-state index in [1.807, 2.05) is 0 Å². The molecule has 0 atom stereocenters. The number of nitrogens with one attached hydrogen (secondary N) is 1. The van der Waals surface area contributed by atoms with E-state index in [9.17, 15) is 4.79 Å². The summed E-state index contributed by atoms with van der Waals surface area (Å²) < 4.78 is 5.60. The number of primary amides is 1. The zero-order chi connectivity index (χ0) is 10.8. The molecule has 15 heavy (non-hydrogen) atoms. The van der Waals surface area contributed by atoms with Gasteiger partial charge >= 0.3 is 0 Å². The first-order valence-corrected chi connectivity index (χ1v) is 4.86. The molecule has 1 aromatic heterocycles.